The summed E-state index contributed by atoms with van der Waals surface area (Å²) in [5.41, 5.74) is 1.19. The molecule has 2 rings (SSSR count). The van der Waals surface area contributed by atoms with Crippen molar-refractivity contribution in [3.8, 4) is 0 Å². The highest BCUT2D eigenvalue weighted by atomic mass is 16.2. The highest BCUT2D eigenvalue weighted by Crippen LogP contribution is 2.12. The van der Waals surface area contributed by atoms with E-state index < -0.39 is 0 Å². The Kier molecular flexibility index (Phi) is 4.50. The van der Waals surface area contributed by atoms with Gasteiger partial charge < -0.3 is 0 Å². The summed E-state index contributed by atoms with van der Waals surface area (Å²) >= 11 is 0. The summed E-state index contributed by atoms with van der Waals surface area (Å²) in [6.45, 7) is 4.48. The maximum absolute atomic E-state index is 12.5. The molecule has 0 aliphatic heterocycles. The number of pyridine rings is 1. The number of carbonyl (C=O) groups excluding carboxylic acids is 1. The van der Waals surface area contributed by atoms with Crippen molar-refractivity contribution >= 4 is 5.78 Å². The van der Waals surface area contributed by atoms with Crippen LogP contribution in [-0.2, 0) is 13.0 Å². The van der Waals surface area contributed by atoms with Crippen molar-refractivity contribution in [2.45, 2.75) is 39.7 Å². The molecular formula is C15H19N3O2. The monoisotopic (exact) mass is 273 g/mol. The van der Waals surface area contributed by atoms with Gasteiger partial charge in [-0.3, -0.25) is 24.4 Å². The van der Waals surface area contributed by atoms with E-state index in [9.17, 15) is 9.59 Å². The van der Waals surface area contributed by atoms with Crippen LogP contribution in [0.25, 0.3) is 0 Å². The summed E-state index contributed by atoms with van der Waals surface area (Å²) in [7, 11) is 0. The second kappa shape index (κ2) is 6.32. The van der Waals surface area contributed by atoms with Gasteiger partial charge in [0.05, 0.1) is 0 Å². The van der Waals surface area contributed by atoms with Gasteiger partial charge in [-0.15, -0.1) is 0 Å². The van der Waals surface area contributed by atoms with Crippen molar-refractivity contribution in [1.29, 1.82) is 0 Å². The summed E-state index contributed by atoms with van der Waals surface area (Å²) in [5.74, 6) is -0.252. The number of hydrogen-bond acceptors (Lipinski definition) is 3. The van der Waals surface area contributed by atoms with Crippen LogP contribution in [0.4, 0.5) is 0 Å². The largest absolute Gasteiger partial charge is 0.299 e. The van der Waals surface area contributed by atoms with E-state index >= 15 is 0 Å². The van der Waals surface area contributed by atoms with Crippen LogP contribution in [-0.4, -0.2) is 20.5 Å². The number of rotatable bonds is 6. The third-order valence-electron chi connectivity index (χ3n) is 3.28. The molecule has 106 valence electrons. The fraction of sp³-hybridized carbons (Fsp3) is 0.400. The molecule has 1 N–H and O–H groups in total. The Morgan fingerprint density at radius 3 is 2.80 bits per heavy atom. The molecule has 0 amide bonds. The number of H-pyrrole nitrogens is 1. The number of aryl methyl sites for hydroxylation is 2. The summed E-state index contributed by atoms with van der Waals surface area (Å²) in [6, 6.07) is 3.38. The van der Waals surface area contributed by atoms with Crippen LogP contribution >= 0.6 is 0 Å². The van der Waals surface area contributed by atoms with E-state index in [1.54, 1.807) is 18.3 Å². The fourth-order valence-electron chi connectivity index (χ4n) is 2.17. The number of carbonyl (C=O) groups is 1. The molecule has 5 nitrogen and oxygen atoms in total. The first-order valence-electron chi connectivity index (χ1n) is 6.95. The van der Waals surface area contributed by atoms with Gasteiger partial charge in [-0.25, -0.2) is 0 Å². The molecule has 2 aromatic heterocycles. The SMILES string of the molecule is CCCCc1[nH]n(CC)c(=O)c1C(=O)c1cccnc1. The van der Waals surface area contributed by atoms with Crippen molar-refractivity contribution in [2.24, 2.45) is 0 Å². The van der Waals surface area contributed by atoms with Gasteiger partial charge in [-0.2, -0.15) is 0 Å². The molecule has 2 aromatic rings. The van der Waals surface area contributed by atoms with Crippen molar-refractivity contribution in [1.82, 2.24) is 14.8 Å². The van der Waals surface area contributed by atoms with Gasteiger partial charge in [0.1, 0.15) is 5.56 Å². The molecule has 0 aliphatic rings. The lowest BCUT2D eigenvalue weighted by molar-refractivity contribution is 0.103. The number of unbranched alkanes of at least 4 members (excludes halogenated alkanes) is 1. The lowest BCUT2D eigenvalue weighted by atomic mass is 10.0. The first kappa shape index (κ1) is 14.2. The van der Waals surface area contributed by atoms with Crippen molar-refractivity contribution in [3.63, 3.8) is 0 Å². The maximum Gasteiger partial charge on any atom is 0.278 e. The number of ketones is 1. The Morgan fingerprint density at radius 1 is 1.40 bits per heavy atom. The molecule has 0 aromatic carbocycles. The average molecular weight is 273 g/mol. The molecule has 0 saturated carbocycles. The predicted molar refractivity (Wildman–Crippen MR) is 77.0 cm³/mol. The quantitative estimate of drug-likeness (QED) is 0.820. The van der Waals surface area contributed by atoms with E-state index in [0.717, 1.165) is 18.5 Å². The molecule has 5 heteroatoms. The van der Waals surface area contributed by atoms with E-state index in [1.165, 1.54) is 10.9 Å². The smallest absolute Gasteiger partial charge is 0.278 e. The minimum absolute atomic E-state index is 0.243. The minimum atomic E-state index is -0.252. The van der Waals surface area contributed by atoms with Crippen LogP contribution in [0.3, 0.4) is 0 Å². The molecule has 0 atom stereocenters. The number of nitrogens with zero attached hydrogens (tertiary/aromatic N) is 2. The van der Waals surface area contributed by atoms with Gasteiger partial charge >= 0.3 is 0 Å². The van der Waals surface area contributed by atoms with Gasteiger partial charge in [-0.05, 0) is 31.9 Å². The van der Waals surface area contributed by atoms with Crippen LogP contribution in [0.15, 0.2) is 29.3 Å². The zero-order chi connectivity index (χ0) is 14.5. The van der Waals surface area contributed by atoms with Crippen LogP contribution in [0.5, 0.6) is 0 Å². The van der Waals surface area contributed by atoms with E-state index in [4.69, 9.17) is 0 Å². The summed E-state index contributed by atoms with van der Waals surface area (Å²) in [4.78, 5) is 28.7. The van der Waals surface area contributed by atoms with Gasteiger partial charge in [0.25, 0.3) is 5.56 Å². The minimum Gasteiger partial charge on any atom is -0.299 e. The number of aromatic amines is 1. The number of hydrogen-bond donors (Lipinski definition) is 1. The molecule has 0 fully saturated rings. The Morgan fingerprint density at radius 2 is 2.20 bits per heavy atom. The summed E-state index contributed by atoms with van der Waals surface area (Å²) < 4.78 is 1.48. The first-order valence-corrected chi connectivity index (χ1v) is 6.95. The average Bonchev–Trinajstić information content (AvgIpc) is 2.81. The van der Waals surface area contributed by atoms with E-state index in [1.807, 2.05) is 6.92 Å². The number of nitrogens with one attached hydrogen (secondary N) is 1. The van der Waals surface area contributed by atoms with Crippen molar-refractivity contribution < 1.29 is 4.79 Å². The van der Waals surface area contributed by atoms with Crippen molar-refractivity contribution in [2.75, 3.05) is 0 Å². The van der Waals surface area contributed by atoms with Crippen LogP contribution in [0, 0.1) is 0 Å². The lowest BCUT2D eigenvalue weighted by Crippen LogP contribution is -2.21. The third-order valence-corrected chi connectivity index (χ3v) is 3.28. The zero-order valence-corrected chi connectivity index (χ0v) is 11.8. The molecule has 0 aliphatic carbocycles. The maximum atomic E-state index is 12.5. The van der Waals surface area contributed by atoms with Crippen LogP contribution in [0.2, 0.25) is 0 Å². The molecule has 20 heavy (non-hydrogen) atoms. The predicted octanol–water partition coefficient (Wildman–Crippen LogP) is 2.16. The van der Waals surface area contributed by atoms with Gasteiger partial charge in [0, 0.05) is 30.2 Å². The molecule has 0 unspecified atom stereocenters. The fourth-order valence-corrected chi connectivity index (χ4v) is 2.17. The molecule has 0 radical (unpaired) electrons. The molecule has 0 saturated heterocycles. The standard InChI is InChI=1S/C15H19N3O2/c1-3-5-8-12-13(15(20)18(4-2)17-12)14(19)11-7-6-9-16-10-11/h6-7,9-10,17H,3-5,8H2,1-2H3. The van der Waals surface area contributed by atoms with E-state index in [2.05, 4.69) is 17.0 Å². The molecule has 0 bridgehead atoms. The summed E-state index contributed by atoms with van der Waals surface area (Å²) in [6.07, 6.45) is 5.77. The zero-order valence-electron chi connectivity index (χ0n) is 11.8. The first-order chi connectivity index (χ1) is 9.69. The Bertz CT molecular complexity index is 641. The normalized spacial score (nSPS) is 10.7. The topological polar surface area (TPSA) is 67.8 Å². The second-order valence-electron chi connectivity index (χ2n) is 4.69. The Balaban J connectivity index is 2.46. The van der Waals surface area contributed by atoms with Gasteiger partial charge in [0.15, 0.2) is 0 Å². The highest BCUT2D eigenvalue weighted by molar-refractivity contribution is 6.09. The van der Waals surface area contributed by atoms with Crippen molar-refractivity contribution in [3.05, 3.63) is 51.7 Å². The lowest BCUT2D eigenvalue weighted by Gasteiger charge is -2.01. The molecule has 0 spiro atoms. The summed E-state index contributed by atoms with van der Waals surface area (Å²) in [5, 5.41) is 3.05. The van der Waals surface area contributed by atoms with E-state index in [0.29, 0.717) is 18.5 Å². The van der Waals surface area contributed by atoms with Crippen LogP contribution < -0.4 is 5.56 Å². The number of aromatic nitrogens is 3. The Labute approximate surface area is 117 Å². The highest BCUT2D eigenvalue weighted by Gasteiger charge is 2.21. The third kappa shape index (κ3) is 2.71. The van der Waals surface area contributed by atoms with E-state index in [-0.39, 0.29) is 16.9 Å². The van der Waals surface area contributed by atoms with Crippen LogP contribution in [0.1, 0.15) is 48.3 Å². The Hall–Kier alpha value is -2.17. The second-order valence-corrected chi connectivity index (χ2v) is 4.69. The molecule has 2 heterocycles. The van der Waals surface area contributed by atoms with Gasteiger partial charge in [-0.1, -0.05) is 13.3 Å². The van der Waals surface area contributed by atoms with Gasteiger partial charge in [0.2, 0.25) is 5.78 Å². The molecular weight excluding hydrogens is 254 g/mol.